The van der Waals surface area contributed by atoms with Crippen LogP contribution < -0.4 is 5.32 Å². The molecular formula is C14H16N2O4S. The Hall–Kier alpha value is -2.02. The lowest BCUT2D eigenvalue weighted by atomic mass is 10.2. The minimum Gasteiger partial charge on any atom is -0.452 e. The number of nitrogens with one attached hydrogen (secondary N) is 1. The van der Waals surface area contributed by atoms with Crippen molar-refractivity contribution in [2.75, 3.05) is 31.8 Å². The Bertz CT molecular complexity index is 586. The van der Waals surface area contributed by atoms with Crippen LogP contribution in [-0.4, -0.2) is 49.1 Å². The van der Waals surface area contributed by atoms with Gasteiger partial charge in [0.05, 0.1) is 11.3 Å². The summed E-state index contributed by atoms with van der Waals surface area (Å²) >= 11 is 1.56. The SMILES string of the molecule is CN(C)C(=O)COC(=O)c1ccc2c(c1)NC(=O)CCS2. The van der Waals surface area contributed by atoms with E-state index in [4.69, 9.17) is 4.74 Å². The lowest BCUT2D eigenvalue weighted by Gasteiger charge is -2.11. The van der Waals surface area contributed by atoms with E-state index < -0.39 is 5.97 Å². The number of hydrogen-bond acceptors (Lipinski definition) is 5. The number of anilines is 1. The second-order valence-electron chi connectivity index (χ2n) is 4.72. The Morgan fingerprint density at radius 3 is 2.86 bits per heavy atom. The van der Waals surface area contributed by atoms with Crippen molar-refractivity contribution in [1.82, 2.24) is 4.90 Å². The molecule has 0 spiro atoms. The van der Waals surface area contributed by atoms with Crippen LogP contribution in [0.2, 0.25) is 0 Å². The number of ether oxygens (including phenoxy) is 1. The first-order valence-corrected chi connectivity index (χ1v) is 7.40. The molecule has 1 heterocycles. The van der Waals surface area contributed by atoms with Gasteiger partial charge >= 0.3 is 5.97 Å². The van der Waals surface area contributed by atoms with E-state index in [0.29, 0.717) is 23.4 Å². The quantitative estimate of drug-likeness (QED) is 0.854. The third-order valence-corrected chi connectivity index (χ3v) is 3.98. The molecule has 2 amide bonds. The fraction of sp³-hybridized carbons (Fsp3) is 0.357. The van der Waals surface area contributed by atoms with Gasteiger partial charge in [-0.2, -0.15) is 0 Å². The van der Waals surface area contributed by atoms with Crippen LogP contribution >= 0.6 is 11.8 Å². The summed E-state index contributed by atoms with van der Waals surface area (Å²) in [5.41, 5.74) is 0.916. The van der Waals surface area contributed by atoms with Crippen LogP contribution in [0.4, 0.5) is 5.69 Å². The maximum Gasteiger partial charge on any atom is 0.338 e. The molecule has 0 bridgehead atoms. The molecular weight excluding hydrogens is 292 g/mol. The number of fused-ring (bicyclic) bond motifs is 1. The number of rotatable bonds is 3. The molecule has 21 heavy (non-hydrogen) atoms. The van der Waals surface area contributed by atoms with Crippen molar-refractivity contribution in [1.29, 1.82) is 0 Å². The number of carbonyl (C=O) groups excluding carboxylic acids is 3. The smallest absolute Gasteiger partial charge is 0.338 e. The molecule has 1 N–H and O–H groups in total. The van der Waals surface area contributed by atoms with Gasteiger partial charge < -0.3 is 15.0 Å². The first-order valence-electron chi connectivity index (χ1n) is 6.41. The highest BCUT2D eigenvalue weighted by molar-refractivity contribution is 7.99. The predicted octanol–water partition coefficient (Wildman–Crippen LogP) is 1.37. The Balaban J connectivity index is 2.09. The molecule has 112 valence electrons. The van der Waals surface area contributed by atoms with Crippen LogP contribution in [0.15, 0.2) is 23.1 Å². The van der Waals surface area contributed by atoms with Crippen molar-refractivity contribution < 1.29 is 19.1 Å². The maximum atomic E-state index is 11.9. The Morgan fingerprint density at radius 2 is 2.14 bits per heavy atom. The molecule has 0 fully saturated rings. The summed E-state index contributed by atoms with van der Waals surface area (Å²) in [5, 5.41) is 2.76. The second kappa shape index (κ2) is 6.62. The van der Waals surface area contributed by atoms with E-state index in [1.54, 1.807) is 44.1 Å². The number of carbonyl (C=O) groups is 3. The maximum absolute atomic E-state index is 11.9. The van der Waals surface area contributed by atoms with Gasteiger partial charge in [-0.25, -0.2) is 4.79 Å². The van der Waals surface area contributed by atoms with Gasteiger partial charge in [-0.05, 0) is 18.2 Å². The number of amides is 2. The minimum absolute atomic E-state index is 0.0745. The van der Waals surface area contributed by atoms with Crippen LogP contribution in [0.25, 0.3) is 0 Å². The monoisotopic (exact) mass is 308 g/mol. The third-order valence-electron chi connectivity index (χ3n) is 2.90. The zero-order chi connectivity index (χ0) is 15.4. The summed E-state index contributed by atoms with van der Waals surface area (Å²) in [6.07, 6.45) is 0.441. The van der Waals surface area contributed by atoms with Crippen molar-refractivity contribution in [3.05, 3.63) is 23.8 Å². The Kier molecular flexibility index (Phi) is 4.85. The zero-order valence-corrected chi connectivity index (χ0v) is 12.7. The summed E-state index contributed by atoms with van der Waals surface area (Å²) in [6, 6.07) is 4.98. The number of esters is 1. The molecule has 0 aliphatic carbocycles. The second-order valence-corrected chi connectivity index (χ2v) is 5.86. The molecule has 1 aliphatic rings. The topological polar surface area (TPSA) is 75.7 Å². The van der Waals surface area contributed by atoms with Gasteiger partial charge in [-0.15, -0.1) is 11.8 Å². The predicted molar refractivity (Wildman–Crippen MR) is 79.4 cm³/mol. The third kappa shape index (κ3) is 3.98. The normalized spacial score (nSPS) is 13.7. The highest BCUT2D eigenvalue weighted by Gasteiger charge is 2.17. The van der Waals surface area contributed by atoms with E-state index in [1.807, 2.05) is 0 Å². The number of likely N-dealkylation sites (N-methyl/N-ethyl adjacent to an activating group) is 1. The number of nitrogens with zero attached hydrogens (tertiary/aromatic N) is 1. The van der Waals surface area contributed by atoms with E-state index in [0.717, 1.165) is 4.90 Å². The minimum atomic E-state index is -0.587. The molecule has 2 rings (SSSR count). The first-order chi connectivity index (χ1) is 9.97. The fourth-order valence-corrected chi connectivity index (χ4v) is 2.62. The molecule has 1 aromatic rings. The van der Waals surface area contributed by atoms with Crippen LogP contribution in [0.3, 0.4) is 0 Å². The number of thioether (sulfide) groups is 1. The molecule has 0 saturated carbocycles. The molecule has 0 aromatic heterocycles. The van der Waals surface area contributed by atoms with Gasteiger partial charge in [0.25, 0.3) is 5.91 Å². The van der Waals surface area contributed by atoms with Crippen LogP contribution in [0, 0.1) is 0 Å². The van der Waals surface area contributed by atoms with E-state index in [9.17, 15) is 14.4 Å². The Morgan fingerprint density at radius 1 is 1.38 bits per heavy atom. The van der Waals surface area contributed by atoms with E-state index in [2.05, 4.69) is 5.32 Å². The standard InChI is InChI=1S/C14H16N2O4S/c1-16(2)13(18)8-20-14(19)9-3-4-11-10(7-9)15-12(17)5-6-21-11/h3-4,7H,5-6,8H2,1-2H3,(H,15,17). The largest absolute Gasteiger partial charge is 0.452 e. The van der Waals surface area contributed by atoms with Crippen LogP contribution in [-0.2, 0) is 14.3 Å². The first kappa shape index (κ1) is 15.4. The summed E-state index contributed by atoms with van der Waals surface area (Å²) in [5.74, 6) is -0.243. The summed E-state index contributed by atoms with van der Waals surface area (Å²) < 4.78 is 4.95. The summed E-state index contributed by atoms with van der Waals surface area (Å²) in [4.78, 5) is 37.1. The lowest BCUT2D eigenvalue weighted by Crippen LogP contribution is -2.27. The molecule has 6 nitrogen and oxygen atoms in total. The highest BCUT2D eigenvalue weighted by atomic mass is 32.2. The van der Waals surface area contributed by atoms with E-state index in [1.165, 1.54) is 4.90 Å². The number of hydrogen-bond donors (Lipinski definition) is 1. The Labute approximate surface area is 126 Å². The van der Waals surface area contributed by atoms with Crippen LogP contribution in [0.1, 0.15) is 16.8 Å². The molecule has 7 heteroatoms. The number of benzene rings is 1. The molecule has 1 aromatic carbocycles. The fourth-order valence-electron chi connectivity index (χ4n) is 1.69. The highest BCUT2D eigenvalue weighted by Crippen LogP contribution is 2.31. The average molecular weight is 308 g/mol. The zero-order valence-electron chi connectivity index (χ0n) is 11.8. The molecule has 1 aliphatic heterocycles. The van der Waals surface area contributed by atoms with Crippen molar-refractivity contribution in [3.63, 3.8) is 0 Å². The van der Waals surface area contributed by atoms with E-state index >= 15 is 0 Å². The average Bonchev–Trinajstić information content (AvgIpc) is 2.63. The van der Waals surface area contributed by atoms with Crippen molar-refractivity contribution in [2.24, 2.45) is 0 Å². The van der Waals surface area contributed by atoms with Crippen molar-refractivity contribution in [2.45, 2.75) is 11.3 Å². The summed E-state index contributed by atoms with van der Waals surface area (Å²) in [6.45, 7) is -0.302. The van der Waals surface area contributed by atoms with Gasteiger partial charge in [-0.1, -0.05) is 0 Å². The summed E-state index contributed by atoms with van der Waals surface area (Å²) in [7, 11) is 3.18. The van der Waals surface area contributed by atoms with Gasteiger partial charge in [-0.3, -0.25) is 9.59 Å². The van der Waals surface area contributed by atoms with Gasteiger partial charge in [0.1, 0.15) is 0 Å². The van der Waals surface area contributed by atoms with Crippen LogP contribution in [0.5, 0.6) is 0 Å². The molecule has 0 saturated heterocycles. The van der Waals surface area contributed by atoms with Crippen molar-refractivity contribution in [3.8, 4) is 0 Å². The van der Waals surface area contributed by atoms with E-state index in [-0.39, 0.29) is 18.4 Å². The van der Waals surface area contributed by atoms with Gasteiger partial charge in [0.2, 0.25) is 5.91 Å². The molecule has 0 radical (unpaired) electrons. The lowest BCUT2D eigenvalue weighted by molar-refractivity contribution is -0.132. The molecule has 0 unspecified atom stereocenters. The van der Waals surface area contributed by atoms with Gasteiger partial charge in [0.15, 0.2) is 6.61 Å². The van der Waals surface area contributed by atoms with Crippen molar-refractivity contribution >= 4 is 35.2 Å². The van der Waals surface area contributed by atoms with Gasteiger partial charge in [0, 0.05) is 31.2 Å². The molecule has 0 atom stereocenters.